The lowest BCUT2D eigenvalue weighted by atomic mass is 9.90. The van der Waals surface area contributed by atoms with Crippen molar-refractivity contribution >= 4 is 28.9 Å². The normalized spacial score (nSPS) is 24.1. The monoisotopic (exact) mass is 377 g/mol. The largest absolute Gasteiger partial charge is 0.415 e. The van der Waals surface area contributed by atoms with Gasteiger partial charge in [0.25, 0.3) is 0 Å². The van der Waals surface area contributed by atoms with Crippen molar-refractivity contribution in [3.8, 4) is 0 Å². The molecule has 0 spiro atoms. The third kappa shape index (κ3) is 3.28. The number of likely N-dealkylation sites (tertiary alicyclic amines) is 1. The van der Waals surface area contributed by atoms with Gasteiger partial charge in [-0.15, -0.1) is 0 Å². The van der Waals surface area contributed by atoms with Gasteiger partial charge in [-0.1, -0.05) is 0 Å². The molecule has 0 bridgehead atoms. The molecule has 1 unspecified atom stereocenters. The second kappa shape index (κ2) is 5.52. The van der Waals surface area contributed by atoms with Crippen LogP contribution in [0.25, 0.3) is 0 Å². The van der Waals surface area contributed by atoms with Crippen molar-refractivity contribution in [1.82, 2.24) is 4.90 Å². The zero-order valence-corrected chi connectivity index (χ0v) is 11.9. The first-order valence-corrected chi connectivity index (χ1v) is 6.94. The summed E-state index contributed by atoms with van der Waals surface area (Å²) in [7, 11) is 0. The summed E-state index contributed by atoms with van der Waals surface area (Å²) in [5.41, 5.74) is 0. The van der Waals surface area contributed by atoms with Crippen molar-refractivity contribution in [2.75, 3.05) is 13.1 Å². The first-order valence-electron chi connectivity index (χ1n) is 6.06. The van der Waals surface area contributed by atoms with E-state index < -0.39 is 18.2 Å². The van der Waals surface area contributed by atoms with E-state index in [2.05, 4.69) is 3.07 Å². The molecule has 2 aliphatic rings. The molecule has 1 aliphatic carbocycles. The molecule has 104 valence electrons. The van der Waals surface area contributed by atoms with Crippen molar-refractivity contribution in [2.45, 2.75) is 38.0 Å². The predicted octanol–water partition coefficient (Wildman–Crippen LogP) is 2.93. The maximum atomic E-state index is 12.7. The van der Waals surface area contributed by atoms with Crippen LogP contribution in [0.5, 0.6) is 0 Å². The molecular weight excluding hydrogens is 362 g/mol. The Hall–Kier alpha value is -0.0500. The summed E-state index contributed by atoms with van der Waals surface area (Å²) in [6.07, 6.45) is -3.44. The highest BCUT2D eigenvalue weighted by atomic mass is 127. The number of hydrogen-bond donors (Lipinski definition) is 0. The Labute approximate surface area is 118 Å². The second-order valence-corrected chi connectivity index (χ2v) is 5.50. The molecule has 7 heteroatoms. The van der Waals surface area contributed by atoms with Gasteiger partial charge in [-0.05, 0) is 31.6 Å². The Morgan fingerprint density at radius 3 is 2.17 bits per heavy atom. The second-order valence-electron chi connectivity index (χ2n) is 4.99. The van der Waals surface area contributed by atoms with Crippen LogP contribution in [-0.2, 0) is 7.86 Å². The zero-order valence-electron chi connectivity index (χ0n) is 9.75. The highest BCUT2D eigenvalue weighted by Crippen LogP contribution is 2.37. The molecule has 2 rings (SSSR count). The number of hydrogen-bond acceptors (Lipinski definition) is 2. The molecule has 0 radical (unpaired) electrons. The zero-order chi connectivity index (χ0) is 13.3. The number of carbonyl (C=O) groups excluding carboxylic acids is 1. The summed E-state index contributed by atoms with van der Waals surface area (Å²) >= 11 is 1.32. The van der Waals surface area contributed by atoms with Crippen LogP contribution in [0.4, 0.5) is 13.2 Å². The van der Waals surface area contributed by atoms with Gasteiger partial charge in [-0.3, -0.25) is 4.79 Å². The molecule has 0 aromatic carbocycles. The summed E-state index contributed by atoms with van der Waals surface area (Å²) in [5.74, 6) is -0.279. The fourth-order valence-electron chi connectivity index (χ4n) is 2.40. The summed E-state index contributed by atoms with van der Waals surface area (Å²) < 4.78 is 42.6. The van der Waals surface area contributed by atoms with E-state index in [1.165, 1.54) is 23.0 Å². The summed E-state index contributed by atoms with van der Waals surface area (Å²) in [6, 6.07) is 0. The number of rotatable bonds is 3. The lowest BCUT2D eigenvalue weighted by molar-refractivity contribution is -0.204. The molecule has 0 aromatic rings. The van der Waals surface area contributed by atoms with Gasteiger partial charge < -0.3 is 7.97 Å². The van der Waals surface area contributed by atoms with Crippen molar-refractivity contribution < 1.29 is 21.0 Å². The van der Waals surface area contributed by atoms with Crippen LogP contribution in [0, 0.1) is 11.8 Å². The van der Waals surface area contributed by atoms with Crippen LogP contribution in [0.15, 0.2) is 0 Å². The maximum Gasteiger partial charge on any atom is 0.415 e. The molecule has 1 amide bonds. The fraction of sp³-hybridized carbons (Fsp3) is 0.909. The molecule has 1 aliphatic heterocycles. The summed E-state index contributed by atoms with van der Waals surface area (Å²) in [5, 5.41) is 0. The molecule has 1 saturated carbocycles. The van der Waals surface area contributed by atoms with Crippen molar-refractivity contribution in [1.29, 1.82) is 0 Å². The highest BCUT2D eigenvalue weighted by Gasteiger charge is 2.47. The van der Waals surface area contributed by atoms with Gasteiger partial charge in [0.05, 0.1) is 0 Å². The van der Waals surface area contributed by atoms with Crippen LogP contribution in [0.3, 0.4) is 0 Å². The smallest absolute Gasteiger partial charge is 0.342 e. The van der Waals surface area contributed by atoms with Crippen LogP contribution >= 0.6 is 23.0 Å². The molecule has 0 aromatic heterocycles. The van der Waals surface area contributed by atoms with E-state index in [9.17, 15) is 18.0 Å². The SMILES string of the molecule is O=C(C1CC1)N1CCC(C(OI)C(F)(F)F)CC1. The van der Waals surface area contributed by atoms with Gasteiger partial charge in [0.2, 0.25) is 5.91 Å². The lowest BCUT2D eigenvalue weighted by Crippen LogP contribution is -2.45. The van der Waals surface area contributed by atoms with Crippen molar-refractivity contribution in [3.63, 3.8) is 0 Å². The number of piperidine rings is 1. The van der Waals surface area contributed by atoms with Crippen LogP contribution in [0.2, 0.25) is 0 Å². The number of nitrogens with zero attached hydrogens (tertiary/aromatic N) is 1. The van der Waals surface area contributed by atoms with Crippen molar-refractivity contribution in [3.05, 3.63) is 0 Å². The topological polar surface area (TPSA) is 29.5 Å². The van der Waals surface area contributed by atoms with E-state index in [0.717, 1.165) is 12.8 Å². The van der Waals surface area contributed by atoms with E-state index in [4.69, 9.17) is 0 Å². The lowest BCUT2D eigenvalue weighted by Gasteiger charge is -2.35. The Kier molecular flexibility index (Phi) is 4.40. The Balaban J connectivity index is 1.87. The molecule has 2 fully saturated rings. The van der Waals surface area contributed by atoms with Gasteiger partial charge in [0, 0.05) is 19.0 Å². The number of halogens is 4. The van der Waals surface area contributed by atoms with E-state index in [1.54, 1.807) is 4.90 Å². The van der Waals surface area contributed by atoms with E-state index in [1.807, 2.05) is 0 Å². The third-order valence-electron chi connectivity index (χ3n) is 3.62. The Morgan fingerprint density at radius 1 is 1.22 bits per heavy atom. The first-order chi connectivity index (χ1) is 8.43. The summed E-state index contributed by atoms with van der Waals surface area (Å²) in [4.78, 5) is 13.5. The average Bonchev–Trinajstić information content (AvgIpc) is 3.12. The quantitative estimate of drug-likeness (QED) is 0.708. The van der Waals surface area contributed by atoms with Crippen LogP contribution in [0.1, 0.15) is 25.7 Å². The number of carbonyl (C=O) groups is 1. The molecule has 1 saturated heterocycles. The minimum Gasteiger partial charge on any atom is -0.342 e. The fourth-order valence-corrected chi connectivity index (χ4v) is 3.11. The third-order valence-corrected chi connectivity index (χ3v) is 4.17. The van der Waals surface area contributed by atoms with Gasteiger partial charge >= 0.3 is 6.18 Å². The molecule has 1 heterocycles. The van der Waals surface area contributed by atoms with Crippen LogP contribution in [-0.4, -0.2) is 36.2 Å². The van der Waals surface area contributed by atoms with Crippen molar-refractivity contribution in [2.24, 2.45) is 11.8 Å². The number of amides is 1. The average molecular weight is 377 g/mol. The summed E-state index contributed by atoms with van der Waals surface area (Å²) in [6.45, 7) is 0.846. The minimum atomic E-state index is -4.32. The molecule has 3 nitrogen and oxygen atoms in total. The van der Waals surface area contributed by atoms with E-state index in [-0.39, 0.29) is 11.8 Å². The van der Waals surface area contributed by atoms with Gasteiger partial charge in [-0.25, -0.2) is 0 Å². The predicted molar refractivity (Wildman–Crippen MR) is 67.0 cm³/mol. The Bertz CT molecular complexity index is 312. The molecule has 18 heavy (non-hydrogen) atoms. The van der Waals surface area contributed by atoms with E-state index >= 15 is 0 Å². The minimum absolute atomic E-state index is 0.118. The van der Waals surface area contributed by atoms with Gasteiger partial charge in [0.1, 0.15) is 23.0 Å². The molecular formula is C11H15F3INO2. The molecule has 1 atom stereocenters. The van der Waals surface area contributed by atoms with E-state index in [0.29, 0.717) is 25.9 Å². The number of alkyl halides is 3. The van der Waals surface area contributed by atoms with Gasteiger partial charge in [0.15, 0.2) is 6.10 Å². The highest BCUT2D eigenvalue weighted by molar-refractivity contribution is 14.1. The first kappa shape index (κ1) is 14.4. The standard InChI is InChI=1S/C11H15F3INO2/c12-11(13,14)9(18-15)7-3-5-16(6-4-7)10(17)8-1-2-8/h7-9H,1-6H2. The van der Waals surface area contributed by atoms with Crippen LogP contribution < -0.4 is 0 Å². The van der Waals surface area contributed by atoms with Gasteiger partial charge in [-0.2, -0.15) is 13.2 Å². The maximum absolute atomic E-state index is 12.7. The molecule has 0 N–H and O–H groups in total. The Morgan fingerprint density at radius 2 is 1.78 bits per heavy atom.